The smallest absolute Gasteiger partial charge is 0.319 e. The Hall–Kier alpha value is -2.56. The van der Waals surface area contributed by atoms with Crippen LogP contribution in [0.5, 0.6) is 0 Å². The lowest BCUT2D eigenvalue weighted by Gasteiger charge is -2.11. The zero-order chi connectivity index (χ0) is 14.5. The summed E-state index contributed by atoms with van der Waals surface area (Å²) in [5.74, 6) is 0. The second kappa shape index (κ2) is 6.06. The Labute approximate surface area is 118 Å². The van der Waals surface area contributed by atoms with E-state index in [1.165, 1.54) is 0 Å². The molecule has 0 aliphatic heterocycles. The van der Waals surface area contributed by atoms with E-state index in [1.807, 2.05) is 38.2 Å². The number of nitrogens with one attached hydrogen (secondary N) is 2. The lowest BCUT2D eigenvalue weighted by molar-refractivity contribution is 0.253. The number of hydrogen-bond acceptors (Lipinski definition) is 2. The van der Waals surface area contributed by atoms with E-state index in [4.69, 9.17) is 0 Å². The van der Waals surface area contributed by atoms with Crippen LogP contribution in [0, 0.1) is 6.92 Å². The fraction of sp³-hybridized carbons (Fsp3) is 0.200. The first-order chi connectivity index (χ1) is 9.61. The van der Waals surface area contributed by atoms with Crippen molar-refractivity contribution in [3.8, 4) is 11.3 Å². The van der Waals surface area contributed by atoms with Gasteiger partial charge in [-0.1, -0.05) is 18.2 Å². The number of hydrogen-bond donors (Lipinski definition) is 2. The van der Waals surface area contributed by atoms with Crippen LogP contribution >= 0.6 is 0 Å². The Bertz CT molecular complexity index is 631. The zero-order valence-electron chi connectivity index (χ0n) is 11.7. The van der Waals surface area contributed by atoms with Gasteiger partial charge in [0, 0.05) is 31.0 Å². The highest BCUT2D eigenvalue weighted by Crippen LogP contribution is 2.24. The van der Waals surface area contributed by atoms with Gasteiger partial charge in [-0.25, -0.2) is 4.79 Å². The fourth-order valence-corrected chi connectivity index (χ4v) is 1.90. The zero-order valence-corrected chi connectivity index (χ0v) is 11.7. The Morgan fingerprint density at radius 2 is 2.25 bits per heavy atom. The van der Waals surface area contributed by atoms with Crippen LogP contribution in [-0.2, 0) is 7.05 Å². The van der Waals surface area contributed by atoms with Crippen molar-refractivity contribution in [1.82, 2.24) is 15.1 Å². The summed E-state index contributed by atoms with van der Waals surface area (Å²) in [6.07, 6.45) is 3.39. The van der Waals surface area contributed by atoms with Gasteiger partial charge in [-0.2, -0.15) is 5.10 Å². The Morgan fingerprint density at radius 3 is 2.90 bits per heavy atom. The fourth-order valence-electron chi connectivity index (χ4n) is 1.90. The van der Waals surface area contributed by atoms with Crippen LogP contribution in [0.15, 0.2) is 43.1 Å². The number of carbonyl (C=O) groups is 1. The largest absolute Gasteiger partial charge is 0.334 e. The predicted octanol–water partition coefficient (Wildman–Crippen LogP) is 2.70. The van der Waals surface area contributed by atoms with Gasteiger partial charge in [-0.15, -0.1) is 6.58 Å². The summed E-state index contributed by atoms with van der Waals surface area (Å²) in [6, 6.07) is 7.63. The Morgan fingerprint density at radius 1 is 1.45 bits per heavy atom. The minimum Gasteiger partial charge on any atom is -0.334 e. The number of aromatic nitrogens is 2. The minimum absolute atomic E-state index is 0.241. The SMILES string of the molecule is C=CCNC(=O)Nc1cc(-c2ccnn2C)ccc1C. The third kappa shape index (κ3) is 3.06. The monoisotopic (exact) mass is 270 g/mol. The van der Waals surface area contributed by atoms with E-state index in [0.717, 1.165) is 22.5 Å². The average Bonchev–Trinajstić information content (AvgIpc) is 2.85. The van der Waals surface area contributed by atoms with Crippen molar-refractivity contribution >= 4 is 11.7 Å². The van der Waals surface area contributed by atoms with Crippen LogP contribution in [0.4, 0.5) is 10.5 Å². The lowest BCUT2D eigenvalue weighted by atomic mass is 10.1. The van der Waals surface area contributed by atoms with Crippen molar-refractivity contribution < 1.29 is 4.79 Å². The number of aryl methyl sites for hydroxylation is 2. The second-order valence-corrected chi connectivity index (χ2v) is 4.49. The molecule has 2 N–H and O–H groups in total. The van der Waals surface area contributed by atoms with Crippen LogP contribution in [0.25, 0.3) is 11.3 Å². The third-order valence-electron chi connectivity index (χ3n) is 3.01. The molecule has 0 bridgehead atoms. The molecule has 1 heterocycles. The van der Waals surface area contributed by atoms with Crippen molar-refractivity contribution in [3.05, 3.63) is 48.7 Å². The van der Waals surface area contributed by atoms with E-state index in [-0.39, 0.29) is 6.03 Å². The summed E-state index contributed by atoms with van der Waals surface area (Å²) in [5, 5.41) is 9.68. The van der Waals surface area contributed by atoms with E-state index in [0.29, 0.717) is 6.54 Å². The first-order valence-electron chi connectivity index (χ1n) is 6.36. The highest BCUT2D eigenvalue weighted by atomic mass is 16.2. The quantitative estimate of drug-likeness (QED) is 0.839. The van der Waals surface area contributed by atoms with Crippen LogP contribution in [-0.4, -0.2) is 22.4 Å². The molecule has 5 heteroatoms. The van der Waals surface area contributed by atoms with E-state index in [2.05, 4.69) is 22.3 Å². The molecule has 2 amide bonds. The maximum Gasteiger partial charge on any atom is 0.319 e. The van der Waals surface area contributed by atoms with Gasteiger partial charge in [0.05, 0.1) is 5.69 Å². The maximum absolute atomic E-state index is 11.7. The summed E-state index contributed by atoms with van der Waals surface area (Å²) < 4.78 is 1.80. The van der Waals surface area contributed by atoms with Gasteiger partial charge < -0.3 is 10.6 Å². The average molecular weight is 270 g/mol. The van der Waals surface area contributed by atoms with Gasteiger partial charge >= 0.3 is 6.03 Å². The molecule has 0 aliphatic rings. The molecule has 104 valence electrons. The standard InChI is InChI=1S/C15H18N4O/c1-4-8-16-15(20)18-13-10-12(6-5-11(13)2)14-7-9-17-19(14)3/h4-7,9-10H,1,8H2,2-3H3,(H2,16,18,20). The summed E-state index contributed by atoms with van der Waals surface area (Å²) in [4.78, 5) is 11.7. The molecule has 0 aliphatic carbocycles. The number of urea groups is 1. The first kappa shape index (κ1) is 13.9. The molecule has 2 aromatic rings. The maximum atomic E-state index is 11.7. The molecule has 1 aromatic carbocycles. The molecular formula is C15H18N4O. The van der Waals surface area contributed by atoms with E-state index >= 15 is 0 Å². The first-order valence-corrected chi connectivity index (χ1v) is 6.36. The number of carbonyl (C=O) groups excluding carboxylic acids is 1. The molecule has 1 aromatic heterocycles. The highest BCUT2D eigenvalue weighted by molar-refractivity contribution is 5.91. The number of nitrogens with zero attached hydrogens (tertiary/aromatic N) is 2. The van der Waals surface area contributed by atoms with Gasteiger partial charge in [0.15, 0.2) is 0 Å². The normalized spacial score (nSPS) is 10.1. The molecule has 20 heavy (non-hydrogen) atoms. The van der Waals surface area contributed by atoms with Crippen LogP contribution in [0.3, 0.4) is 0 Å². The van der Waals surface area contributed by atoms with Crippen molar-refractivity contribution in [2.45, 2.75) is 6.92 Å². The number of rotatable bonds is 4. The summed E-state index contributed by atoms with van der Waals surface area (Å²) in [6.45, 7) is 5.95. The van der Waals surface area contributed by atoms with Crippen molar-refractivity contribution in [3.63, 3.8) is 0 Å². The van der Waals surface area contributed by atoms with Crippen LogP contribution in [0.2, 0.25) is 0 Å². The molecule has 0 fully saturated rings. The van der Waals surface area contributed by atoms with Crippen LogP contribution in [0.1, 0.15) is 5.56 Å². The molecule has 0 saturated carbocycles. The van der Waals surface area contributed by atoms with Crippen molar-refractivity contribution in [2.24, 2.45) is 7.05 Å². The third-order valence-corrected chi connectivity index (χ3v) is 3.01. The summed E-state index contributed by atoms with van der Waals surface area (Å²) >= 11 is 0. The van der Waals surface area contributed by atoms with E-state index in [9.17, 15) is 4.79 Å². The van der Waals surface area contributed by atoms with Gasteiger partial charge in [0.1, 0.15) is 0 Å². The van der Waals surface area contributed by atoms with E-state index < -0.39 is 0 Å². The topological polar surface area (TPSA) is 59.0 Å². The second-order valence-electron chi connectivity index (χ2n) is 4.49. The predicted molar refractivity (Wildman–Crippen MR) is 80.6 cm³/mol. The minimum atomic E-state index is -0.241. The molecule has 2 rings (SSSR count). The van der Waals surface area contributed by atoms with Crippen molar-refractivity contribution in [2.75, 3.05) is 11.9 Å². The molecule has 0 radical (unpaired) electrons. The van der Waals surface area contributed by atoms with Gasteiger partial charge in [-0.05, 0) is 24.6 Å². The molecule has 5 nitrogen and oxygen atoms in total. The molecule has 0 atom stereocenters. The molecular weight excluding hydrogens is 252 g/mol. The van der Waals surface area contributed by atoms with Gasteiger partial charge in [0.25, 0.3) is 0 Å². The lowest BCUT2D eigenvalue weighted by Crippen LogP contribution is -2.28. The van der Waals surface area contributed by atoms with Gasteiger partial charge in [-0.3, -0.25) is 4.68 Å². The number of anilines is 1. The molecule has 0 unspecified atom stereocenters. The van der Waals surface area contributed by atoms with E-state index in [1.54, 1.807) is 17.0 Å². The van der Waals surface area contributed by atoms with Crippen LogP contribution < -0.4 is 10.6 Å². The van der Waals surface area contributed by atoms with Crippen molar-refractivity contribution in [1.29, 1.82) is 0 Å². The summed E-state index contributed by atoms with van der Waals surface area (Å²) in [7, 11) is 1.89. The Balaban J connectivity index is 2.23. The van der Waals surface area contributed by atoms with Gasteiger partial charge in [0.2, 0.25) is 0 Å². The number of benzene rings is 1. The summed E-state index contributed by atoms with van der Waals surface area (Å²) in [5.41, 5.74) is 3.80. The number of amides is 2. The highest BCUT2D eigenvalue weighted by Gasteiger charge is 2.08. The molecule has 0 spiro atoms. The Kier molecular flexibility index (Phi) is 4.20. The molecule has 0 saturated heterocycles.